The zero-order valence-corrected chi connectivity index (χ0v) is 11.8. The molecule has 22 heavy (non-hydrogen) atoms. The minimum absolute atomic E-state index is 0.112. The predicted octanol–water partition coefficient (Wildman–Crippen LogP) is 1.68. The second-order valence-corrected chi connectivity index (χ2v) is 5.24. The van der Waals surface area contributed by atoms with Crippen LogP contribution >= 0.6 is 0 Å². The van der Waals surface area contributed by atoms with E-state index in [1.165, 1.54) is 0 Å². The second kappa shape index (κ2) is 5.34. The number of pyridine rings is 2. The van der Waals surface area contributed by atoms with Crippen LogP contribution in [0.3, 0.4) is 0 Å². The quantitative estimate of drug-likeness (QED) is 0.731. The predicted molar refractivity (Wildman–Crippen MR) is 77.3 cm³/mol. The van der Waals surface area contributed by atoms with E-state index in [-0.39, 0.29) is 18.2 Å². The molecule has 1 aliphatic rings. The molecule has 1 aliphatic heterocycles. The molecule has 3 aromatic rings. The first-order valence-electron chi connectivity index (χ1n) is 7.19. The SMILES string of the molecule is O=c1c2cccnc2ccn1Cc1noc([C@@H]2CCCO2)n1. The molecule has 7 nitrogen and oxygen atoms in total. The average Bonchev–Trinajstić information content (AvgIpc) is 3.21. The molecule has 112 valence electrons. The number of fused-ring (bicyclic) bond motifs is 1. The summed E-state index contributed by atoms with van der Waals surface area (Å²) in [5, 5.41) is 4.51. The van der Waals surface area contributed by atoms with Gasteiger partial charge in [-0.1, -0.05) is 5.16 Å². The topological polar surface area (TPSA) is 83.0 Å². The molecule has 1 saturated heterocycles. The zero-order valence-electron chi connectivity index (χ0n) is 11.8. The van der Waals surface area contributed by atoms with Crippen molar-refractivity contribution in [3.63, 3.8) is 0 Å². The van der Waals surface area contributed by atoms with Crippen LogP contribution in [0, 0.1) is 0 Å². The van der Waals surface area contributed by atoms with Gasteiger partial charge < -0.3 is 13.8 Å². The van der Waals surface area contributed by atoms with E-state index in [1.807, 2.05) is 0 Å². The highest BCUT2D eigenvalue weighted by atomic mass is 16.5. The van der Waals surface area contributed by atoms with Crippen molar-refractivity contribution in [3.05, 3.63) is 52.7 Å². The Kier molecular flexibility index (Phi) is 3.19. The van der Waals surface area contributed by atoms with Gasteiger partial charge in [0.1, 0.15) is 6.10 Å². The number of hydrogen-bond acceptors (Lipinski definition) is 6. The van der Waals surface area contributed by atoms with Gasteiger partial charge in [0.2, 0.25) is 0 Å². The Bertz CT molecular complexity index is 864. The standard InChI is InChI=1S/C15H14N4O3/c20-15-10-3-1-6-16-11(10)5-7-19(15)9-13-17-14(22-18-13)12-4-2-8-21-12/h1,3,5-7,12H,2,4,8-9H2/t12-/m0/s1. The molecular weight excluding hydrogens is 284 g/mol. The smallest absolute Gasteiger partial charge is 0.260 e. The van der Waals surface area contributed by atoms with Crippen molar-refractivity contribution < 1.29 is 9.26 Å². The maximum absolute atomic E-state index is 12.4. The second-order valence-electron chi connectivity index (χ2n) is 5.24. The van der Waals surface area contributed by atoms with Crippen LogP contribution in [0.25, 0.3) is 10.9 Å². The van der Waals surface area contributed by atoms with Crippen LogP contribution in [0.4, 0.5) is 0 Å². The Hall–Kier alpha value is -2.54. The molecule has 0 aliphatic carbocycles. The van der Waals surface area contributed by atoms with Crippen molar-refractivity contribution in [1.29, 1.82) is 0 Å². The Labute approximate surface area is 125 Å². The Morgan fingerprint density at radius 1 is 1.36 bits per heavy atom. The molecule has 0 spiro atoms. The van der Waals surface area contributed by atoms with E-state index in [2.05, 4.69) is 15.1 Å². The summed E-state index contributed by atoms with van der Waals surface area (Å²) in [6, 6.07) is 5.31. The molecule has 0 aromatic carbocycles. The highest BCUT2D eigenvalue weighted by Gasteiger charge is 2.23. The molecule has 4 rings (SSSR count). The van der Waals surface area contributed by atoms with E-state index in [1.54, 1.807) is 35.2 Å². The minimum atomic E-state index is -0.117. The highest BCUT2D eigenvalue weighted by Crippen LogP contribution is 2.26. The van der Waals surface area contributed by atoms with Crippen LogP contribution < -0.4 is 5.56 Å². The van der Waals surface area contributed by atoms with E-state index in [9.17, 15) is 4.79 Å². The summed E-state index contributed by atoms with van der Waals surface area (Å²) < 4.78 is 12.3. The van der Waals surface area contributed by atoms with Crippen LogP contribution in [0.15, 0.2) is 39.9 Å². The lowest BCUT2D eigenvalue weighted by molar-refractivity contribution is 0.0835. The van der Waals surface area contributed by atoms with Crippen molar-refractivity contribution >= 4 is 10.9 Å². The lowest BCUT2D eigenvalue weighted by Crippen LogP contribution is -2.20. The molecule has 0 amide bonds. The summed E-state index contributed by atoms with van der Waals surface area (Å²) >= 11 is 0. The van der Waals surface area contributed by atoms with Gasteiger partial charge in [0.05, 0.1) is 17.4 Å². The molecule has 7 heteroatoms. The van der Waals surface area contributed by atoms with Gasteiger partial charge in [-0.25, -0.2) is 0 Å². The van der Waals surface area contributed by atoms with Crippen molar-refractivity contribution in [2.75, 3.05) is 6.61 Å². The molecule has 1 fully saturated rings. The summed E-state index contributed by atoms with van der Waals surface area (Å²) in [5.74, 6) is 0.957. The summed E-state index contributed by atoms with van der Waals surface area (Å²) in [7, 11) is 0. The molecule has 3 aromatic heterocycles. The van der Waals surface area contributed by atoms with Gasteiger partial charge >= 0.3 is 0 Å². The Balaban J connectivity index is 1.63. The lowest BCUT2D eigenvalue weighted by Gasteiger charge is -2.03. The van der Waals surface area contributed by atoms with Gasteiger partial charge in [-0.2, -0.15) is 4.98 Å². The van der Waals surface area contributed by atoms with Gasteiger partial charge in [0, 0.05) is 19.0 Å². The first-order valence-corrected chi connectivity index (χ1v) is 7.19. The van der Waals surface area contributed by atoms with E-state index in [0.29, 0.717) is 22.6 Å². The number of nitrogens with zero attached hydrogens (tertiary/aromatic N) is 4. The van der Waals surface area contributed by atoms with E-state index < -0.39 is 0 Å². The number of ether oxygens (including phenoxy) is 1. The van der Waals surface area contributed by atoms with E-state index >= 15 is 0 Å². The molecule has 0 bridgehead atoms. The minimum Gasteiger partial charge on any atom is -0.368 e. The van der Waals surface area contributed by atoms with E-state index in [0.717, 1.165) is 19.4 Å². The third-order valence-corrected chi connectivity index (χ3v) is 3.74. The van der Waals surface area contributed by atoms with Gasteiger partial charge in [0.15, 0.2) is 5.82 Å². The Morgan fingerprint density at radius 3 is 3.18 bits per heavy atom. The largest absolute Gasteiger partial charge is 0.368 e. The zero-order chi connectivity index (χ0) is 14.9. The fourth-order valence-electron chi connectivity index (χ4n) is 2.63. The third kappa shape index (κ3) is 2.29. The van der Waals surface area contributed by atoms with Gasteiger partial charge in [-0.15, -0.1) is 0 Å². The summed E-state index contributed by atoms with van der Waals surface area (Å²) in [6.07, 6.45) is 5.14. The molecule has 0 radical (unpaired) electrons. The fourth-order valence-corrected chi connectivity index (χ4v) is 2.63. The summed E-state index contributed by atoms with van der Waals surface area (Å²) in [4.78, 5) is 20.9. The van der Waals surface area contributed by atoms with E-state index in [4.69, 9.17) is 9.26 Å². The summed E-state index contributed by atoms with van der Waals surface area (Å²) in [6.45, 7) is 0.986. The maximum atomic E-state index is 12.4. The lowest BCUT2D eigenvalue weighted by atomic mass is 10.2. The van der Waals surface area contributed by atoms with Crippen molar-refractivity contribution in [1.82, 2.24) is 19.7 Å². The van der Waals surface area contributed by atoms with Gasteiger partial charge in [-0.3, -0.25) is 9.78 Å². The van der Waals surface area contributed by atoms with Crippen LogP contribution in [-0.4, -0.2) is 26.3 Å². The first-order chi connectivity index (χ1) is 10.8. The monoisotopic (exact) mass is 298 g/mol. The molecule has 4 heterocycles. The van der Waals surface area contributed by atoms with Crippen molar-refractivity contribution in [3.8, 4) is 0 Å². The highest BCUT2D eigenvalue weighted by molar-refractivity contribution is 5.76. The average molecular weight is 298 g/mol. The molecule has 0 N–H and O–H groups in total. The van der Waals surface area contributed by atoms with Crippen LogP contribution in [0.5, 0.6) is 0 Å². The van der Waals surface area contributed by atoms with Gasteiger partial charge in [-0.05, 0) is 31.0 Å². The number of aromatic nitrogens is 4. The van der Waals surface area contributed by atoms with Crippen molar-refractivity contribution in [2.24, 2.45) is 0 Å². The fraction of sp³-hybridized carbons (Fsp3) is 0.333. The van der Waals surface area contributed by atoms with Gasteiger partial charge in [0.25, 0.3) is 11.4 Å². The van der Waals surface area contributed by atoms with Crippen LogP contribution in [0.1, 0.15) is 30.7 Å². The van der Waals surface area contributed by atoms with Crippen LogP contribution in [-0.2, 0) is 11.3 Å². The maximum Gasteiger partial charge on any atom is 0.260 e. The third-order valence-electron chi connectivity index (χ3n) is 3.74. The van der Waals surface area contributed by atoms with Crippen LogP contribution in [0.2, 0.25) is 0 Å². The Morgan fingerprint density at radius 2 is 2.32 bits per heavy atom. The molecular formula is C15H14N4O3. The summed E-state index contributed by atoms with van der Waals surface area (Å²) in [5.41, 5.74) is 0.561. The first kappa shape index (κ1) is 13.1. The number of hydrogen-bond donors (Lipinski definition) is 0. The van der Waals surface area contributed by atoms with Crippen molar-refractivity contribution in [2.45, 2.75) is 25.5 Å². The number of rotatable bonds is 3. The molecule has 0 unspecified atom stereocenters. The molecule has 0 saturated carbocycles. The molecule has 1 atom stereocenters. The normalized spacial score (nSPS) is 18.1.